The molecule has 136 valence electrons. The van der Waals surface area contributed by atoms with Crippen molar-refractivity contribution >= 4 is 17.6 Å². The molecular weight excluding hydrogens is 338 g/mol. The minimum absolute atomic E-state index is 0.232. The number of carbonyl (C=O) groups is 1. The number of methoxy groups -OCH3 is 1. The fourth-order valence-corrected chi connectivity index (χ4v) is 2.51. The van der Waals surface area contributed by atoms with Gasteiger partial charge in [0.25, 0.3) is 5.91 Å². The summed E-state index contributed by atoms with van der Waals surface area (Å²) in [6.07, 6.45) is 0. The predicted octanol–water partition coefficient (Wildman–Crippen LogP) is 4.09. The van der Waals surface area contributed by atoms with Crippen molar-refractivity contribution in [2.75, 3.05) is 12.4 Å². The molecule has 0 radical (unpaired) electrons. The van der Waals surface area contributed by atoms with Gasteiger partial charge in [0.1, 0.15) is 5.75 Å². The molecule has 0 aliphatic rings. The Hall–Kier alpha value is -3.60. The molecule has 27 heavy (non-hydrogen) atoms. The zero-order valence-electron chi connectivity index (χ0n) is 15.1. The lowest BCUT2D eigenvalue weighted by Crippen LogP contribution is -2.36. The maximum Gasteiger partial charge on any atom is 0.257 e. The average Bonchev–Trinajstić information content (AvgIpc) is 2.73. The molecule has 0 unspecified atom stereocenters. The van der Waals surface area contributed by atoms with Gasteiger partial charge in [0.05, 0.1) is 19.3 Å². The molecule has 0 aliphatic carbocycles. The summed E-state index contributed by atoms with van der Waals surface area (Å²) in [5.74, 6) is 0.792. The molecule has 0 heterocycles. The lowest BCUT2D eigenvalue weighted by Gasteiger charge is -2.14. The van der Waals surface area contributed by atoms with Crippen molar-refractivity contribution in [2.45, 2.75) is 6.54 Å². The SMILES string of the molecule is COc1ccccc1NC(=NCc1ccccc1)NC(=O)c1ccccc1. The number of hydrogen-bond acceptors (Lipinski definition) is 3. The number of amides is 1. The third kappa shape index (κ3) is 5.19. The van der Waals surface area contributed by atoms with Crippen molar-refractivity contribution < 1.29 is 9.53 Å². The van der Waals surface area contributed by atoms with Crippen molar-refractivity contribution in [2.24, 2.45) is 4.99 Å². The number of hydrogen-bond donors (Lipinski definition) is 2. The van der Waals surface area contributed by atoms with Crippen LogP contribution in [-0.4, -0.2) is 19.0 Å². The van der Waals surface area contributed by atoms with E-state index in [9.17, 15) is 4.79 Å². The molecule has 0 saturated heterocycles. The lowest BCUT2D eigenvalue weighted by atomic mass is 10.2. The van der Waals surface area contributed by atoms with Crippen LogP contribution >= 0.6 is 0 Å². The standard InChI is InChI=1S/C22H21N3O2/c1-27-20-15-9-8-14-19(20)24-22(23-16-17-10-4-2-5-11-17)25-21(26)18-12-6-3-7-13-18/h2-15H,16H2,1H3,(H2,23,24,25,26). The molecule has 3 aromatic rings. The minimum atomic E-state index is -0.232. The molecule has 5 heteroatoms. The van der Waals surface area contributed by atoms with Crippen LogP contribution in [0.15, 0.2) is 89.9 Å². The Morgan fingerprint density at radius 3 is 2.22 bits per heavy atom. The van der Waals surface area contributed by atoms with Crippen molar-refractivity contribution in [1.82, 2.24) is 5.32 Å². The summed E-state index contributed by atoms with van der Waals surface area (Å²) in [5, 5.41) is 6.01. The van der Waals surface area contributed by atoms with Crippen LogP contribution in [0, 0.1) is 0 Å². The number of guanidine groups is 1. The monoisotopic (exact) mass is 359 g/mol. The van der Waals surface area contributed by atoms with Gasteiger partial charge in [-0.25, -0.2) is 4.99 Å². The molecule has 5 nitrogen and oxygen atoms in total. The van der Waals surface area contributed by atoms with Crippen LogP contribution in [0.3, 0.4) is 0 Å². The molecule has 0 bridgehead atoms. The van der Waals surface area contributed by atoms with Gasteiger partial charge in [0, 0.05) is 5.56 Å². The van der Waals surface area contributed by atoms with Crippen LogP contribution < -0.4 is 15.4 Å². The first-order valence-electron chi connectivity index (χ1n) is 8.61. The molecule has 3 aromatic carbocycles. The molecule has 0 aromatic heterocycles. The highest BCUT2D eigenvalue weighted by molar-refractivity contribution is 6.10. The minimum Gasteiger partial charge on any atom is -0.495 e. The Balaban J connectivity index is 1.82. The predicted molar refractivity (Wildman–Crippen MR) is 108 cm³/mol. The average molecular weight is 359 g/mol. The molecule has 1 amide bonds. The van der Waals surface area contributed by atoms with E-state index in [0.717, 1.165) is 11.3 Å². The van der Waals surface area contributed by atoms with Gasteiger partial charge in [-0.3, -0.25) is 10.1 Å². The van der Waals surface area contributed by atoms with Crippen LogP contribution in [0.2, 0.25) is 0 Å². The van der Waals surface area contributed by atoms with E-state index < -0.39 is 0 Å². The van der Waals surface area contributed by atoms with Crippen LogP contribution in [0.25, 0.3) is 0 Å². The lowest BCUT2D eigenvalue weighted by molar-refractivity contribution is 0.0977. The van der Waals surface area contributed by atoms with E-state index >= 15 is 0 Å². The number of rotatable bonds is 5. The molecule has 0 saturated carbocycles. The second kappa shape index (κ2) is 9.20. The molecule has 2 N–H and O–H groups in total. The van der Waals surface area contributed by atoms with E-state index in [4.69, 9.17) is 4.74 Å². The number of anilines is 1. The first-order chi connectivity index (χ1) is 13.3. The quantitative estimate of drug-likeness (QED) is 0.533. The summed E-state index contributed by atoms with van der Waals surface area (Å²) < 4.78 is 5.37. The molecule has 3 rings (SSSR count). The van der Waals surface area contributed by atoms with Gasteiger partial charge in [-0.05, 0) is 29.8 Å². The van der Waals surface area contributed by atoms with Gasteiger partial charge < -0.3 is 10.1 Å². The van der Waals surface area contributed by atoms with Crippen LogP contribution in [0.5, 0.6) is 5.75 Å². The Morgan fingerprint density at radius 1 is 0.889 bits per heavy atom. The summed E-state index contributed by atoms with van der Waals surface area (Å²) in [6, 6.07) is 26.4. The largest absolute Gasteiger partial charge is 0.495 e. The number of nitrogens with one attached hydrogen (secondary N) is 2. The second-order valence-electron chi connectivity index (χ2n) is 5.80. The maximum atomic E-state index is 12.5. The Labute approximate surface area is 158 Å². The van der Waals surface area contributed by atoms with Crippen LogP contribution in [0.4, 0.5) is 5.69 Å². The van der Waals surface area contributed by atoms with Crippen molar-refractivity contribution in [1.29, 1.82) is 0 Å². The van der Waals surface area contributed by atoms with Gasteiger partial charge in [-0.2, -0.15) is 0 Å². The van der Waals surface area contributed by atoms with Crippen molar-refractivity contribution in [3.05, 3.63) is 96.1 Å². The highest BCUT2D eigenvalue weighted by Crippen LogP contribution is 2.22. The van der Waals surface area contributed by atoms with Crippen molar-refractivity contribution in [3.8, 4) is 5.75 Å². The van der Waals surface area contributed by atoms with Gasteiger partial charge in [0.2, 0.25) is 5.96 Å². The Morgan fingerprint density at radius 2 is 1.52 bits per heavy atom. The number of para-hydroxylation sites is 2. The van der Waals surface area contributed by atoms with E-state index in [1.807, 2.05) is 72.8 Å². The summed E-state index contributed by atoms with van der Waals surface area (Å²) >= 11 is 0. The topological polar surface area (TPSA) is 62.7 Å². The number of aliphatic imine (C=N–C) groups is 1. The fourth-order valence-electron chi connectivity index (χ4n) is 2.51. The highest BCUT2D eigenvalue weighted by Gasteiger charge is 2.11. The van der Waals surface area contributed by atoms with Crippen LogP contribution in [0.1, 0.15) is 15.9 Å². The van der Waals surface area contributed by atoms with Crippen molar-refractivity contribution in [3.63, 3.8) is 0 Å². The number of benzene rings is 3. The normalized spacial score (nSPS) is 10.9. The maximum absolute atomic E-state index is 12.5. The molecule has 0 spiro atoms. The van der Waals surface area contributed by atoms with E-state index in [1.54, 1.807) is 19.2 Å². The third-order valence-electron chi connectivity index (χ3n) is 3.89. The molecule has 0 fully saturated rings. The summed E-state index contributed by atoms with van der Waals surface area (Å²) in [7, 11) is 1.60. The van der Waals surface area contributed by atoms with E-state index in [2.05, 4.69) is 15.6 Å². The van der Waals surface area contributed by atoms with Crippen LogP contribution in [-0.2, 0) is 6.54 Å². The zero-order chi connectivity index (χ0) is 18.9. The van der Waals surface area contributed by atoms with Gasteiger partial charge in [0.15, 0.2) is 0 Å². The van der Waals surface area contributed by atoms with E-state index in [-0.39, 0.29) is 5.91 Å². The van der Waals surface area contributed by atoms with E-state index in [0.29, 0.717) is 23.8 Å². The third-order valence-corrected chi connectivity index (χ3v) is 3.89. The first-order valence-corrected chi connectivity index (χ1v) is 8.61. The molecule has 0 aliphatic heterocycles. The number of ether oxygens (including phenoxy) is 1. The Bertz CT molecular complexity index is 909. The molecule has 0 atom stereocenters. The van der Waals surface area contributed by atoms with Gasteiger partial charge in [-0.1, -0.05) is 60.7 Å². The Kier molecular flexibility index (Phi) is 6.20. The second-order valence-corrected chi connectivity index (χ2v) is 5.80. The van der Waals surface area contributed by atoms with Gasteiger partial charge >= 0.3 is 0 Å². The number of carbonyl (C=O) groups excluding carboxylic acids is 1. The fraction of sp³-hybridized carbons (Fsp3) is 0.0909. The number of nitrogens with zero attached hydrogens (tertiary/aromatic N) is 1. The summed E-state index contributed by atoms with van der Waals surface area (Å²) in [6.45, 7) is 0.438. The van der Waals surface area contributed by atoms with E-state index in [1.165, 1.54) is 0 Å². The zero-order valence-corrected chi connectivity index (χ0v) is 15.1. The first kappa shape index (κ1) is 18.2. The highest BCUT2D eigenvalue weighted by atomic mass is 16.5. The summed E-state index contributed by atoms with van der Waals surface area (Å²) in [5.41, 5.74) is 2.33. The summed E-state index contributed by atoms with van der Waals surface area (Å²) in [4.78, 5) is 17.1. The van der Waals surface area contributed by atoms with Gasteiger partial charge in [-0.15, -0.1) is 0 Å². The molecular formula is C22H21N3O2. The smallest absolute Gasteiger partial charge is 0.257 e.